The molecule has 0 atom stereocenters. The predicted octanol–water partition coefficient (Wildman–Crippen LogP) is 3.24. The second kappa shape index (κ2) is 5.33. The third-order valence-electron chi connectivity index (χ3n) is 1.77. The van der Waals surface area contributed by atoms with Crippen molar-refractivity contribution in [3.8, 4) is 0 Å². The van der Waals surface area contributed by atoms with Gasteiger partial charge in [0.05, 0.1) is 23.1 Å². The SMILES string of the molecule is CCOC(=O)Cc1c(F)ccc(Cl)c1Cl. The van der Waals surface area contributed by atoms with Gasteiger partial charge < -0.3 is 4.74 Å². The Hall–Kier alpha value is -0.800. The van der Waals surface area contributed by atoms with Crippen LogP contribution in [0, 0.1) is 5.82 Å². The molecule has 0 bridgehead atoms. The Morgan fingerprint density at radius 2 is 2.13 bits per heavy atom. The molecule has 0 spiro atoms. The molecule has 0 aliphatic carbocycles. The first-order valence-electron chi connectivity index (χ1n) is 4.34. The van der Waals surface area contributed by atoms with Crippen molar-refractivity contribution in [3.63, 3.8) is 0 Å². The minimum absolute atomic E-state index is 0.0599. The fourth-order valence-electron chi connectivity index (χ4n) is 1.09. The molecule has 0 heterocycles. The van der Waals surface area contributed by atoms with Gasteiger partial charge in [0, 0.05) is 5.56 Å². The molecule has 1 rings (SSSR count). The van der Waals surface area contributed by atoms with Crippen molar-refractivity contribution in [2.45, 2.75) is 13.3 Å². The molecule has 0 aliphatic rings. The Bertz CT molecular complexity index is 380. The van der Waals surface area contributed by atoms with Crippen molar-refractivity contribution in [2.24, 2.45) is 0 Å². The highest BCUT2D eigenvalue weighted by molar-refractivity contribution is 6.42. The summed E-state index contributed by atoms with van der Waals surface area (Å²) >= 11 is 11.5. The number of ether oxygens (including phenoxy) is 1. The van der Waals surface area contributed by atoms with Gasteiger partial charge in [-0.05, 0) is 19.1 Å². The van der Waals surface area contributed by atoms with Gasteiger partial charge in [-0.1, -0.05) is 23.2 Å². The van der Waals surface area contributed by atoms with Crippen LogP contribution in [-0.2, 0) is 16.0 Å². The zero-order valence-corrected chi connectivity index (χ0v) is 9.53. The largest absolute Gasteiger partial charge is 0.466 e. The van der Waals surface area contributed by atoms with E-state index in [1.165, 1.54) is 12.1 Å². The number of hydrogen-bond acceptors (Lipinski definition) is 2. The van der Waals surface area contributed by atoms with Gasteiger partial charge in [0.1, 0.15) is 5.82 Å². The number of esters is 1. The smallest absolute Gasteiger partial charge is 0.310 e. The molecule has 1 aromatic rings. The first-order chi connectivity index (χ1) is 7.06. The molecular weight excluding hydrogens is 242 g/mol. The summed E-state index contributed by atoms with van der Waals surface area (Å²) in [6, 6.07) is 2.51. The molecule has 82 valence electrons. The average molecular weight is 251 g/mol. The Morgan fingerprint density at radius 3 is 2.73 bits per heavy atom. The lowest BCUT2D eigenvalue weighted by Crippen LogP contribution is -2.09. The molecule has 5 heteroatoms. The van der Waals surface area contributed by atoms with Crippen LogP contribution in [0.2, 0.25) is 10.0 Å². The summed E-state index contributed by atoms with van der Waals surface area (Å²) in [5.74, 6) is -1.09. The molecule has 0 aliphatic heterocycles. The maximum atomic E-state index is 13.3. The predicted molar refractivity (Wildman–Crippen MR) is 56.8 cm³/mol. The number of halogens is 3. The van der Waals surface area contributed by atoms with Gasteiger partial charge in [-0.25, -0.2) is 4.39 Å². The van der Waals surface area contributed by atoms with Gasteiger partial charge in [0.2, 0.25) is 0 Å². The van der Waals surface area contributed by atoms with Crippen LogP contribution >= 0.6 is 23.2 Å². The molecule has 15 heavy (non-hydrogen) atoms. The molecule has 0 saturated carbocycles. The molecule has 0 unspecified atom stereocenters. The van der Waals surface area contributed by atoms with Crippen molar-refractivity contribution in [2.75, 3.05) is 6.61 Å². The van der Waals surface area contributed by atoms with Crippen LogP contribution in [0.4, 0.5) is 4.39 Å². The van der Waals surface area contributed by atoms with Crippen LogP contribution in [0.15, 0.2) is 12.1 Å². The second-order valence-electron chi connectivity index (χ2n) is 2.80. The van der Waals surface area contributed by atoms with Gasteiger partial charge in [-0.15, -0.1) is 0 Å². The van der Waals surface area contributed by atoms with E-state index in [1.807, 2.05) is 0 Å². The topological polar surface area (TPSA) is 26.3 Å². The molecular formula is C10H9Cl2FO2. The normalized spacial score (nSPS) is 10.1. The Kier molecular flexibility index (Phi) is 4.36. The van der Waals surface area contributed by atoms with Gasteiger partial charge >= 0.3 is 5.97 Å². The maximum absolute atomic E-state index is 13.3. The van der Waals surface area contributed by atoms with Crippen LogP contribution < -0.4 is 0 Å². The zero-order valence-electron chi connectivity index (χ0n) is 8.02. The molecule has 1 aromatic carbocycles. The molecule has 2 nitrogen and oxygen atoms in total. The van der Waals surface area contributed by atoms with Crippen molar-refractivity contribution in [1.29, 1.82) is 0 Å². The molecule has 0 radical (unpaired) electrons. The van der Waals surface area contributed by atoms with E-state index in [1.54, 1.807) is 6.92 Å². The summed E-state index contributed by atoms with van der Waals surface area (Å²) < 4.78 is 18.0. The number of benzene rings is 1. The van der Waals surface area contributed by atoms with E-state index in [0.717, 1.165) is 0 Å². The van der Waals surface area contributed by atoms with E-state index in [2.05, 4.69) is 4.74 Å². The first kappa shape index (κ1) is 12.3. The van der Waals surface area contributed by atoms with E-state index < -0.39 is 11.8 Å². The summed E-state index contributed by atoms with van der Waals surface area (Å²) in [4.78, 5) is 11.1. The molecule has 0 N–H and O–H groups in total. The fraction of sp³-hybridized carbons (Fsp3) is 0.300. The summed E-state index contributed by atoms with van der Waals surface area (Å²) in [7, 11) is 0. The molecule has 0 aromatic heterocycles. The van der Waals surface area contributed by atoms with Crippen LogP contribution in [0.1, 0.15) is 12.5 Å². The third kappa shape index (κ3) is 3.08. The van der Waals surface area contributed by atoms with Crippen LogP contribution in [0.25, 0.3) is 0 Å². The number of hydrogen-bond donors (Lipinski definition) is 0. The minimum Gasteiger partial charge on any atom is -0.466 e. The third-order valence-corrected chi connectivity index (χ3v) is 2.61. The number of carbonyl (C=O) groups excluding carboxylic acids is 1. The zero-order chi connectivity index (χ0) is 11.4. The monoisotopic (exact) mass is 250 g/mol. The van der Waals surface area contributed by atoms with E-state index in [4.69, 9.17) is 23.2 Å². The Balaban J connectivity index is 2.93. The standard InChI is InChI=1S/C10H9Cl2FO2/c1-2-15-9(14)5-6-8(13)4-3-7(11)10(6)12/h3-4H,2,5H2,1H3. The van der Waals surface area contributed by atoms with E-state index in [0.29, 0.717) is 0 Å². The van der Waals surface area contributed by atoms with Crippen LogP contribution in [-0.4, -0.2) is 12.6 Å². The first-order valence-corrected chi connectivity index (χ1v) is 5.09. The highest BCUT2D eigenvalue weighted by atomic mass is 35.5. The average Bonchev–Trinajstić information content (AvgIpc) is 2.19. The minimum atomic E-state index is -0.558. The van der Waals surface area contributed by atoms with Crippen molar-refractivity contribution < 1.29 is 13.9 Å². The number of rotatable bonds is 3. The molecule has 0 amide bonds. The van der Waals surface area contributed by atoms with Gasteiger partial charge in [0.15, 0.2) is 0 Å². The van der Waals surface area contributed by atoms with Crippen molar-refractivity contribution in [3.05, 3.63) is 33.6 Å². The second-order valence-corrected chi connectivity index (χ2v) is 3.59. The van der Waals surface area contributed by atoms with Gasteiger partial charge in [-0.2, -0.15) is 0 Å². The summed E-state index contributed by atoms with van der Waals surface area (Å²) in [6.45, 7) is 1.92. The molecule has 0 saturated heterocycles. The highest BCUT2D eigenvalue weighted by Gasteiger charge is 2.14. The molecule has 0 fully saturated rings. The lowest BCUT2D eigenvalue weighted by molar-refractivity contribution is -0.142. The fourth-order valence-corrected chi connectivity index (χ4v) is 1.48. The Labute approximate surface area is 96.9 Å². The summed E-state index contributed by atoms with van der Waals surface area (Å²) in [5.41, 5.74) is 0.0719. The maximum Gasteiger partial charge on any atom is 0.310 e. The summed E-state index contributed by atoms with van der Waals surface area (Å²) in [5, 5.41) is 0.280. The van der Waals surface area contributed by atoms with Gasteiger partial charge in [-0.3, -0.25) is 4.79 Å². The lowest BCUT2D eigenvalue weighted by atomic mass is 10.1. The van der Waals surface area contributed by atoms with Crippen molar-refractivity contribution >= 4 is 29.2 Å². The van der Waals surface area contributed by atoms with Crippen LogP contribution in [0.5, 0.6) is 0 Å². The van der Waals surface area contributed by atoms with E-state index >= 15 is 0 Å². The van der Waals surface area contributed by atoms with E-state index in [-0.39, 0.29) is 28.6 Å². The van der Waals surface area contributed by atoms with Crippen LogP contribution in [0.3, 0.4) is 0 Å². The summed E-state index contributed by atoms with van der Waals surface area (Å²) in [6.07, 6.45) is -0.209. The van der Waals surface area contributed by atoms with Gasteiger partial charge in [0.25, 0.3) is 0 Å². The highest BCUT2D eigenvalue weighted by Crippen LogP contribution is 2.28. The lowest BCUT2D eigenvalue weighted by Gasteiger charge is -2.06. The van der Waals surface area contributed by atoms with Crippen molar-refractivity contribution in [1.82, 2.24) is 0 Å². The van der Waals surface area contributed by atoms with E-state index in [9.17, 15) is 9.18 Å². The number of carbonyl (C=O) groups is 1. The quantitative estimate of drug-likeness (QED) is 0.608. The Morgan fingerprint density at radius 1 is 1.47 bits per heavy atom.